The molecule has 2 aliphatic rings. The SMILES string of the molecule is COc1ccc([C@H]2Nc3ccccc3N=C3C[C@@H](c4ccco4)CC(=O)[C@@H]32)cc1. The maximum Gasteiger partial charge on any atom is 0.144 e. The first-order chi connectivity index (χ1) is 14.2. The number of nitrogens with zero attached hydrogens (tertiary/aromatic N) is 1. The fourth-order valence-corrected chi connectivity index (χ4v) is 4.41. The fourth-order valence-electron chi connectivity index (χ4n) is 4.41. The number of benzene rings is 2. The summed E-state index contributed by atoms with van der Waals surface area (Å²) in [7, 11) is 1.65. The number of furan rings is 1. The van der Waals surface area contributed by atoms with E-state index in [1.165, 1.54) is 0 Å². The Hall–Kier alpha value is -3.34. The highest BCUT2D eigenvalue weighted by molar-refractivity contribution is 6.10. The van der Waals surface area contributed by atoms with Gasteiger partial charge in [-0.25, -0.2) is 0 Å². The smallest absolute Gasteiger partial charge is 0.144 e. The zero-order valence-corrected chi connectivity index (χ0v) is 16.2. The van der Waals surface area contributed by atoms with E-state index >= 15 is 0 Å². The van der Waals surface area contributed by atoms with Gasteiger partial charge in [-0.05, 0) is 48.4 Å². The van der Waals surface area contributed by atoms with Gasteiger partial charge in [-0.1, -0.05) is 24.3 Å². The molecule has 1 saturated carbocycles. The lowest BCUT2D eigenvalue weighted by atomic mass is 9.73. The largest absolute Gasteiger partial charge is 0.497 e. The Morgan fingerprint density at radius 2 is 1.86 bits per heavy atom. The molecule has 3 atom stereocenters. The number of anilines is 1. The Balaban J connectivity index is 1.58. The lowest BCUT2D eigenvalue weighted by molar-refractivity contribution is -0.122. The number of fused-ring (bicyclic) bond motifs is 2. The summed E-state index contributed by atoms with van der Waals surface area (Å²) in [5.74, 6) is 1.57. The number of carbonyl (C=O) groups is 1. The molecule has 0 amide bonds. The van der Waals surface area contributed by atoms with Crippen LogP contribution in [-0.4, -0.2) is 18.6 Å². The van der Waals surface area contributed by atoms with Gasteiger partial charge in [0.25, 0.3) is 0 Å². The fraction of sp³-hybridized carbons (Fsp3) is 0.250. The summed E-state index contributed by atoms with van der Waals surface area (Å²) in [6.07, 6.45) is 2.84. The molecule has 0 radical (unpaired) electrons. The van der Waals surface area contributed by atoms with Crippen LogP contribution < -0.4 is 10.1 Å². The summed E-state index contributed by atoms with van der Waals surface area (Å²) in [4.78, 5) is 18.3. The average Bonchev–Trinajstić information content (AvgIpc) is 3.23. The lowest BCUT2D eigenvalue weighted by Crippen LogP contribution is -2.38. The van der Waals surface area contributed by atoms with Crippen LogP contribution in [0.1, 0.15) is 36.1 Å². The molecule has 0 bridgehead atoms. The van der Waals surface area contributed by atoms with Gasteiger partial charge in [0.2, 0.25) is 0 Å². The van der Waals surface area contributed by atoms with Crippen LogP contribution in [0.5, 0.6) is 5.75 Å². The van der Waals surface area contributed by atoms with E-state index in [1.807, 2.05) is 60.7 Å². The molecule has 1 aliphatic heterocycles. The average molecular weight is 386 g/mol. The standard InChI is InChI=1S/C24H22N2O3/c1-28-17-10-8-15(9-11-17)24-23-20(25-18-5-2-3-6-19(18)26-24)13-16(14-21(23)27)22-7-4-12-29-22/h2-12,16,23-24,26H,13-14H2,1H3/t16-,23-,24-/m1/s1. The third kappa shape index (κ3) is 3.23. The second-order valence-corrected chi connectivity index (χ2v) is 7.58. The minimum absolute atomic E-state index is 0.0364. The maximum absolute atomic E-state index is 13.4. The Bertz CT molecular complexity index is 1050. The van der Waals surface area contributed by atoms with Crippen molar-refractivity contribution in [1.29, 1.82) is 0 Å². The molecule has 0 saturated heterocycles. The third-order valence-corrected chi connectivity index (χ3v) is 5.84. The Morgan fingerprint density at radius 3 is 2.62 bits per heavy atom. The number of ether oxygens (including phenoxy) is 1. The molecule has 1 fully saturated rings. The summed E-state index contributed by atoms with van der Waals surface area (Å²) in [5, 5.41) is 3.59. The zero-order valence-electron chi connectivity index (χ0n) is 16.2. The number of rotatable bonds is 3. The Morgan fingerprint density at radius 1 is 1.03 bits per heavy atom. The highest BCUT2D eigenvalue weighted by atomic mass is 16.5. The molecule has 3 aromatic rings. The van der Waals surface area contributed by atoms with E-state index in [9.17, 15) is 4.79 Å². The first-order valence-corrected chi connectivity index (χ1v) is 9.86. The first-order valence-electron chi connectivity index (χ1n) is 9.86. The van der Waals surface area contributed by atoms with Crippen molar-refractivity contribution < 1.29 is 13.9 Å². The molecule has 2 aromatic carbocycles. The van der Waals surface area contributed by atoms with Crippen LogP contribution in [0.15, 0.2) is 76.3 Å². The van der Waals surface area contributed by atoms with Crippen LogP contribution in [0, 0.1) is 5.92 Å². The van der Waals surface area contributed by atoms with Gasteiger partial charge in [0, 0.05) is 18.1 Å². The van der Waals surface area contributed by atoms with Gasteiger partial charge in [-0.15, -0.1) is 0 Å². The first kappa shape index (κ1) is 17.7. The van der Waals surface area contributed by atoms with Crippen LogP contribution >= 0.6 is 0 Å². The number of carbonyl (C=O) groups excluding carboxylic acids is 1. The van der Waals surface area contributed by atoms with Gasteiger partial charge in [-0.2, -0.15) is 0 Å². The third-order valence-electron chi connectivity index (χ3n) is 5.84. The van der Waals surface area contributed by atoms with Gasteiger partial charge >= 0.3 is 0 Å². The minimum atomic E-state index is -0.304. The summed E-state index contributed by atoms with van der Waals surface area (Å²) >= 11 is 0. The molecular weight excluding hydrogens is 364 g/mol. The molecule has 5 rings (SSSR count). The van der Waals surface area contributed by atoms with Gasteiger partial charge in [0.1, 0.15) is 17.3 Å². The second kappa shape index (κ2) is 7.24. The summed E-state index contributed by atoms with van der Waals surface area (Å²) in [5.41, 5.74) is 3.78. The molecule has 1 N–H and O–H groups in total. The van der Waals surface area contributed by atoms with Gasteiger partial charge in [-0.3, -0.25) is 9.79 Å². The second-order valence-electron chi connectivity index (χ2n) is 7.58. The molecule has 29 heavy (non-hydrogen) atoms. The van der Waals surface area contributed by atoms with Crippen LogP contribution in [-0.2, 0) is 4.79 Å². The normalized spacial score (nSPS) is 23.3. The van der Waals surface area contributed by atoms with Crippen LogP contribution in [0.2, 0.25) is 0 Å². The molecule has 0 spiro atoms. The number of para-hydroxylation sites is 2. The summed E-state index contributed by atoms with van der Waals surface area (Å²) < 4.78 is 10.9. The Kier molecular flexibility index (Phi) is 4.43. The van der Waals surface area contributed by atoms with Gasteiger partial charge in [0.15, 0.2) is 0 Å². The quantitative estimate of drug-likeness (QED) is 0.664. The van der Waals surface area contributed by atoms with E-state index in [0.717, 1.165) is 34.2 Å². The molecule has 0 unspecified atom stereocenters. The maximum atomic E-state index is 13.4. The monoisotopic (exact) mass is 386 g/mol. The Labute approximate surface area is 169 Å². The predicted molar refractivity (Wildman–Crippen MR) is 112 cm³/mol. The highest BCUT2D eigenvalue weighted by Gasteiger charge is 2.42. The molecule has 2 heterocycles. The minimum Gasteiger partial charge on any atom is -0.497 e. The van der Waals surface area contributed by atoms with Crippen molar-refractivity contribution in [2.75, 3.05) is 12.4 Å². The van der Waals surface area contributed by atoms with Crippen molar-refractivity contribution in [3.63, 3.8) is 0 Å². The van der Waals surface area contributed by atoms with Gasteiger partial charge in [0.05, 0.1) is 36.7 Å². The molecular formula is C24H22N2O3. The van der Waals surface area contributed by atoms with Crippen LogP contribution in [0.4, 0.5) is 11.4 Å². The van der Waals surface area contributed by atoms with Crippen molar-refractivity contribution in [2.45, 2.75) is 24.8 Å². The number of nitrogens with one attached hydrogen (secondary N) is 1. The number of ketones is 1. The summed E-state index contributed by atoms with van der Waals surface area (Å²) in [6, 6.07) is 19.5. The number of methoxy groups -OCH3 is 1. The van der Waals surface area contributed by atoms with Crippen molar-refractivity contribution in [2.24, 2.45) is 10.9 Å². The molecule has 146 valence electrons. The van der Waals surface area contributed by atoms with Crippen molar-refractivity contribution in [1.82, 2.24) is 0 Å². The number of aliphatic imine (C=N–C) groups is 1. The lowest BCUT2D eigenvalue weighted by Gasteiger charge is -2.33. The molecule has 1 aliphatic carbocycles. The van der Waals surface area contributed by atoms with Gasteiger partial charge < -0.3 is 14.5 Å². The number of hydrogen-bond donors (Lipinski definition) is 1. The zero-order chi connectivity index (χ0) is 19.8. The number of Topliss-reactive ketones (excluding diaryl/α,β-unsaturated/α-hetero) is 1. The van der Waals surface area contributed by atoms with E-state index < -0.39 is 0 Å². The van der Waals surface area contributed by atoms with Crippen LogP contribution in [0.25, 0.3) is 0 Å². The van der Waals surface area contributed by atoms with Crippen LogP contribution in [0.3, 0.4) is 0 Å². The van der Waals surface area contributed by atoms with Crippen molar-refractivity contribution in [3.8, 4) is 5.75 Å². The predicted octanol–water partition coefficient (Wildman–Crippen LogP) is 5.29. The summed E-state index contributed by atoms with van der Waals surface area (Å²) in [6.45, 7) is 0. The van der Waals surface area contributed by atoms with E-state index in [2.05, 4.69) is 5.32 Å². The van der Waals surface area contributed by atoms with Crippen molar-refractivity contribution >= 4 is 22.9 Å². The van der Waals surface area contributed by atoms with E-state index in [1.54, 1.807) is 13.4 Å². The van der Waals surface area contributed by atoms with E-state index in [-0.39, 0.29) is 23.7 Å². The van der Waals surface area contributed by atoms with Crippen molar-refractivity contribution in [3.05, 3.63) is 78.3 Å². The number of hydrogen-bond acceptors (Lipinski definition) is 5. The molecule has 1 aromatic heterocycles. The highest BCUT2D eigenvalue weighted by Crippen LogP contribution is 2.44. The van der Waals surface area contributed by atoms with E-state index in [0.29, 0.717) is 12.8 Å². The molecule has 5 heteroatoms. The van der Waals surface area contributed by atoms with E-state index in [4.69, 9.17) is 14.1 Å². The topological polar surface area (TPSA) is 63.8 Å². The molecule has 5 nitrogen and oxygen atoms in total.